The first-order valence-corrected chi connectivity index (χ1v) is 12.6. The number of pyridine rings is 1. The molecule has 1 unspecified atom stereocenters. The summed E-state index contributed by atoms with van der Waals surface area (Å²) in [5.41, 5.74) is 5.41. The lowest BCUT2D eigenvalue weighted by Crippen LogP contribution is -2.21. The van der Waals surface area contributed by atoms with Crippen molar-refractivity contribution in [3.63, 3.8) is 0 Å². The van der Waals surface area contributed by atoms with Gasteiger partial charge < -0.3 is 10.6 Å². The molecule has 0 fully saturated rings. The summed E-state index contributed by atoms with van der Waals surface area (Å²) in [6.07, 6.45) is 2.80. The van der Waals surface area contributed by atoms with Crippen LogP contribution in [0.1, 0.15) is 24.9 Å². The third-order valence-corrected chi connectivity index (χ3v) is 7.28. The Morgan fingerprint density at radius 2 is 1.82 bits per heavy atom. The fourth-order valence-electron chi connectivity index (χ4n) is 4.20. The zero-order valence-corrected chi connectivity index (χ0v) is 20.4. The molecule has 2 aromatic heterocycles. The molecule has 0 aliphatic rings. The SMILES string of the molecule is CC(NCCCNc1ccnc2cc(Cl)ccc12)c1ccc(-c2csc3ccc(F)cc23)cc1. The maximum absolute atomic E-state index is 13.7. The van der Waals surface area contributed by atoms with Crippen molar-refractivity contribution in [3.8, 4) is 11.1 Å². The lowest BCUT2D eigenvalue weighted by atomic mass is 10.0. The highest BCUT2D eigenvalue weighted by atomic mass is 35.5. The highest BCUT2D eigenvalue weighted by molar-refractivity contribution is 7.17. The zero-order valence-electron chi connectivity index (χ0n) is 18.8. The Morgan fingerprint density at radius 1 is 0.971 bits per heavy atom. The maximum atomic E-state index is 13.7. The quantitative estimate of drug-likeness (QED) is 0.216. The second kappa shape index (κ2) is 10.1. The van der Waals surface area contributed by atoms with Gasteiger partial charge in [-0.05, 0) is 78.9 Å². The van der Waals surface area contributed by atoms with Gasteiger partial charge in [0.25, 0.3) is 0 Å². The fraction of sp³-hybridized carbons (Fsp3) is 0.179. The predicted octanol–water partition coefficient (Wildman–Crippen LogP) is 8.06. The second-order valence-electron chi connectivity index (χ2n) is 8.39. The molecule has 0 saturated heterocycles. The topological polar surface area (TPSA) is 37.0 Å². The van der Waals surface area contributed by atoms with Gasteiger partial charge in [0.15, 0.2) is 0 Å². The minimum Gasteiger partial charge on any atom is -0.384 e. The number of anilines is 1. The van der Waals surface area contributed by atoms with E-state index >= 15 is 0 Å². The van der Waals surface area contributed by atoms with Crippen molar-refractivity contribution >= 4 is 49.6 Å². The van der Waals surface area contributed by atoms with Crippen molar-refractivity contribution < 1.29 is 4.39 Å². The minimum atomic E-state index is -0.197. The molecular formula is C28H25ClFN3S. The van der Waals surface area contributed by atoms with Crippen LogP contribution in [0.3, 0.4) is 0 Å². The second-order valence-corrected chi connectivity index (χ2v) is 9.74. The molecule has 0 aliphatic carbocycles. The van der Waals surface area contributed by atoms with Gasteiger partial charge in [0.1, 0.15) is 5.82 Å². The molecule has 5 rings (SSSR count). The van der Waals surface area contributed by atoms with Crippen molar-refractivity contribution in [2.24, 2.45) is 0 Å². The normalized spacial score (nSPS) is 12.3. The summed E-state index contributed by atoms with van der Waals surface area (Å²) in [5, 5.41) is 12.0. The lowest BCUT2D eigenvalue weighted by molar-refractivity contribution is 0.565. The Hall–Kier alpha value is -2.99. The molecule has 0 radical (unpaired) electrons. The van der Waals surface area contributed by atoms with Crippen LogP contribution in [-0.2, 0) is 0 Å². The summed E-state index contributed by atoms with van der Waals surface area (Å²) in [7, 11) is 0. The summed E-state index contributed by atoms with van der Waals surface area (Å²) in [6.45, 7) is 3.94. The van der Waals surface area contributed by atoms with E-state index in [1.165, 1.54) is 11.6 Å². The van der Waals surface area contributed by atoms with E-state index in [1.54, 1.807) is 23.6 Å². The van der Waals surface area contributed by atoms with Crippen LogP contribution in [0, 0.1) is 5.82 Å². The van der Waals surface area contributed by atoms with E-state index in [9.17, 15) is 4.39 Å². The third-order valence-electron chi connectivity index (χ3n) is 6.08. The van der Waals surface area contributed by atoms with Gasteiger partial charge >= 0.3 is 0 Å². The van der Waals surface area contributed by atoms with Crippen molar-refractivity contribution in [2.45, 2.75) is 19.4 Å². The molecule has 172 valence electrons. The van der Waals surface area contributed by atoms with Crippen LogP contribution in [0.4, 0.5) is 10.1 Å². The van der Waals surface area contributed by atoms with Crippen LogP contribution in [0.2, 0.25) is 5.02 Å². The molecule has 0 saturated carbocycles. The van der Waals surface area contributed by atoms with Gasteiger partial charge in [-0.1, -0.05) is 35.9 Å². The number of rotatable bonds is 8. The van der Waals surface area contributed by atoms with Gasteiger partial charge in [-0.25, -0.2) is 4.39 Å². The molecule has 0 spiro atoms. The molecule has 3 aromatic carbocycles. The van der Waals surface area contributed by atoms with E-state index in [4.69, 9.17) is 11.6 Å². The molecule has 5 aromatic rings. The Balaban J connectivity index is 1.15. The van der Waals surface area contributed by atoms with Crippen LogP contribution in [0.25, 0.3) is 32.1 Å². The van der Waals surface area contributed by atoms with E-state index in [0.717, 1.165) is 57.3 Å². The smallest absolute Gasteiger partial charge is 0.123 e. The van der Waals surface area contributed by atoms with Crippen molar-refractivity contribution in [3.05, 3.63) is 94.7 Å². The van der Waals surface area contributed by atoms with Crippen LogP contribution in [0.5, 0.6) is 0 Å². The van der Waals surface area contributed by atoms with Gasteiger partial charge in [-0.2, -0.15) is 0 Å². The van der Waals surface area contributed by atoms with Crippen LogP contribution in [-0.4, -0.2) is 18.1 Å². The first kappa shape index (κ1) is 22.8. The Labute approximate surface area is 207 Å². The van der Waals surface area contributed by atoms with Crippen molar-refractivity contribution in [2.75, 3.05) is 18.4 Å². The van der Waals surface area contributed by atoms with Crippen molar-refractivity contribution in [1.82, 2.24) is 10.3 Å². The highest BCUT2D eigenvalue weighted by Gasteiger charge is 2.10. The Bertz CT molecular complexity index is 1430. The predicted molar refractivity (Wildman–Crippen MR) is 143 cm³/mol. The largest absolute Gasteiger partial charge is 0.384 e. The molecule has 0 bridgehead atoms. The molecule has 0 amide bonds. The maximum Gasteiger partial charge on any atom is 0.123 e. The van der Waals surface area contributed by atoms with E-state index in [2.05, 4.69) is 52.2 Å². The number of nitrogens with zero attached hydrogens (tertiary/aromatic N) is 1. The van der Waals surface area contributed by atoms with Crippen LogP contribution >= 0.6 is 22.9 Å². The van der Waals surface area contributed by atoms with Crippen LogP contribution < -0.4 is 10.6 Å². The van der Waals surface area contributed by atoms with E-state index in [-0.39, 0.29) is 11.9 Å². The summed E-state index contributed by atoms with van der Waals surface area (Å²) in [4.78, 5) is 4.39. The number of hydrogen-bond donors (Lipinski definition) is 2. The van der Waals surface area contributed by atoms with E-state index in [0.29, 0.717) is 5.02 Å². The fourth-order valence-corrected chi connectivity index (χ4v) is 5.32. The number of halogens is 2. The highest BCUT2D eigenvalue weighted by Crippen LogP contribution is 2.34. The van der Waals surface area contributed by atoms with Crippen molar-refractivity contribution in [1.29, 1.82) is 0 Å². The molecule has 6 heteroatoms. The third kappa shape index (κ3) is 4.92. The standard InChI is InChI=1S/C28H25ClFN3S/c1-18(31-12-2-13-32-26-11-14-33-27-15-21(29)7-9-23(26)27)19-3-5-20(6-4-19)25-17-34-28-10-8-22(30)16-24(25)28/h3-11,14-18,31H,2,12-13H2,1H3,(H,32,33). The van der Waals surface area contributed by atoms with Gasteiger partial charge in [-0.3, -0.25) is 4.98 Å². The monoisotopic (exact) mass is 489 g/mol. The molecule has 3 nitrogen and oxygen atoms in total. The Kier molecular flexibility index (Phi) is 6.77. The lowest BCUT2D eigenvalue weighted by Gasteiger charge is -2.15. The Morgan fingerprint density at radius 3 is 2.68 bits per heavy atom. The van der Waals surface area contributed by atoms with Gasteiger partial charge in [0.2, 0.25) is 0 Å². The summed E-state index contributed by atoms with van der Waals surface area (Å²) < 4.78 is 14.8. The number of aromatic nitrogens is 1. The number of thiophene rings is 1. The number of fused-ring (bicyclic) bond motifs is 2. The van der Waals surface area contributed by atoms with E-state index < -0.39 is 0 Å². The van der Waals surface area contributed by atoms with Gasteiger partial charge in [0, 0.05) is 50.5 Å². The van der Waals surface area contributed by atoms with E-state index in [1.807, 2.05) is 30.3 Å². The summed E-state index contributed by atoms with van der Waals surface area (Å²) in [5.74, 6) is -0.197. The molecule has 2 N–H and O–H groups in total. The number of benzene rings is 3. The average molecular weight is 490 g/mol. The number of nitrogens with one attached hydrogen (secondary N) is 2. The number of hydrogen-bond acceptors (Lipinski definition) is 4. The average Bonchev–Trinajstić information content (AvgIpc) is 3.26. The minimum absolute atomic E-state index is 0.197. The van der Waals surface area contributed by atoms with Gasteiger partial charge in [-0.15, -0.1) is 11.3 Å². The molecule has 1 atom stereocenters. The van der Waals surface area contributed by atoms with Gasteiger partial charge in [0.05, 0.1) is 5.52 Å². The molecule has 2 heterocycles. The molecule has 0 aliphatic heterocycles. The van der Waals surface area contributed by atoms with Crippen LogP contribution in [0.15, 0.2) is 78.3 Å². The summed E-state index contributed by atoms with van der Waals surface area (Å²) in [6, 6.07) is 21.6. The first-order valence-electron chi connectivity index (χ1n) is 11.4. The zero-order chi connectivity index (χ0) is 23.5. The molecule has 34 heavy (non-hydrogen) atoms. The first-order chi connectivity index (χ1) is 16.6. The molecular weight excluding hydrogens is 465 g/mol. The summed E-state index contributed by atoms with van der Waals surface area (Å²) >= 11 is 7.73.